The van der Waals surface area contributed by atoms with Crippen molar-refractivity contribution >= 4 is 11.7 Å². The van der Waals surface area contributed by atoms with E-state index in [-0.39, 0.29) is 24.1 Å². The van der Waals surface area contributed by atoms with Crippen LogP contribution in [-0.4, -0.2) is 65.6 Å². The van der Waals surface area contributed by atoms with Crippen molar-refractivity contribution in [1.29, 1.82) is 0 Å². The second kappa shape index (κ2) is 11.8. The number of nitrogens with one attached hydrogen (secondary N) is 1. The first-order valence-corrected chi connectivity index (χ1v) is 12.6. The number of ether oxygens (including phenoxy) is 2. The minimum atomic E-state index is -0.367. The van der Waals surface area contributed by atoms with Crippen molar-refractivity contribution in [2.24, 2.45) is 12.0 Å². The van der Waals surface area contributed by atoms with Gasteiger partial charge in [-0.25, -0.2) is 9.79 Å². The maximum absolute atomic E-state index is 13.2. The monoisotopic (exact) mass is 483 g/mol. The van der Waals surface area contributed by atoms with E-state index < -0.39 is 0 Å². The van der Waals surface area contributed by atoms with Gasteiger partial charge >= 0.3 is 5.69 Å². The fourth-order valence-corrected chi connectivity index (χ4v) is 4.72. The molecular formula is C26H37N5O4. The fourth-order valence-electron chi connectivity index (χ4n) is 4.72. The zero-order valence-electron chi connectivity index (χ0n) is 21.1. The van der Waals surface area contributed by atoms with Gasteiger partial charge in [-0.2, -0.15) is 0 Å². The van der Waals surface area contributed by atoms with E-state index >= 15 is 0 Å². The number of hydrogen-bond acceptors (Lipinski definition) is 6. The molecule has 0 atom stereocenters. The van der Waals surface area contributed by atoms with Crippen molar-refractivity contribution in [2.75, 3.05) is 39.4 Å². The molecule has 190 valence electrons. The Morgan fingerprint density at radius 2 is 1.89 bits per heavy atom. The fraction of sp³-hybridized carbons (Fsp3) is 0.577. The number of aromatic nitrogens is 2. The highest BCUT2D eigenvalue weighted by molar-refractivity contribution is 5.85. The highest BCUT2D eigenvalue weighted by atomic mass is 16.7. The molecule has 1 aromatic heterocycles. The number of aliphatic imine (C=N–C) groups is 1. The minimum absolute atomic E-state index is 0.249. The van der Waals surface area contributed by atoms with Crippen LogP contribution >= 0.6 is 0 Å². The molecule has 2 fully saturated rings. The molecule has 2 aromatic rings. The molecule has 2 aliphatic rings. The van der Waals surface area contributed by atoms with E-state index in [2.05, 4.69) is 35.3 Å². The Bertz CT molecular complexity index is 1120. The molecule has 0 spiro atoms. The van der Waals surface area contributed by atoms with Crippen molar-refractivity contribution in [1.82, 2.24) is 19.4 Å². The van der Waals surface area contributed by atoms with Gasteiger partial charge in [-0.05, 0) is 44.4 Å². The number of aryl methyl sites for hydroxylation is 2. The molecular weight excluding hydrogens is 446 g/mol. The SMILES string of the molecule is Cc1ccccc1CC/C(=N\c1c(C)c(=O)n(CCC2OCCO2)c(=O)n1C)N1CCCNCC1. The summed E-state index contributed by atoms with van der Waals surface area (Å²) in [5, 5.41) is 3.44. The normalized spacial score (nSPS) is 17.7. The third kappa shape index (κ3) is 6.09. The quantitative estimate of drug-likeness (QED) is 0.478. The lowest BCUT2D eigenvalue weighted by Crippen LogP contribution is -2.41. The summed E-state index contributed by atoms with van der Waals surface area (Å²) in [5.74, 6) is 1.35. The lowest BCUT2D eigenvalue weighted by atomic mass is 10.0. The van der Waals surface area contributed by atoms with Gasteiger partial charge in [0.25, 0.3) is 5.56 Å². The first kappa shape index (κ1) is 25.3. The molecule has 0 amide bonds. The van der Waals surface area contributed by atoms with Crippen LogP contribution in [0.1, 0.15) is 36.0 Å². The Labute approximate surface area is 206 Å². The summed E-state index contributed by atoms with van der Waals surface area (Å²) in [6.07, 6.45) is 2.70. The van der Waals surface area contributed by atoms with Gasteiger partial charge in [0.1, 0.15) is 11.7 Å². The lowest BCUT2D eigenvalue weighted by molar-refractivity contribution is -0.0494. The molecule has 9 nitrogen and oxygen atoms in total. The van der Waals surface area contributed by atoms with E-state index in [0.29, 0.717) is 31.0 Å². The van der Waals surface area contributed by atoms with Crippen LogP contribution in [-0.2, 0) is 29.5 Å². The second-order valence-electron chi connectivity index (χ2n) is 9.25. The molecule has 2 aliphatic heterocycles. The van der Waals surface area contributed by atoms with Gasteiger partial charge in [-0.15, -0.1) is 0 Å². The van der Waals surface area contributed by atoms with Crippen LogP contribution < -0.4 is 16.6 Å². The maximum atomic E-state index is 13.2. The van der Waals surface area contributed by atoms with Crippen molar-refractivity contribution in [3.05, 3.63) is 61.8 Å². The van der Waals surface area contributed by atoms with E-state index in [4.69, 9.17) is 14.5 Å². The van der Waals surface area contributed by atoms with Gasteiger partial charge < -0.3 is 19.7 Å². The van der Waals surface area contributed by atoms with Crippen molar-refractivity contribution in [3.8, 4) is 0 Å². The largest absolute Gasteiger partial charge is 0.359 e. The van der Waals surface area contributed by atoms with E-state index in [0.717, 1.165) is 51.3 Å². The Morgan fingerprint density at radius 3 is 2.66 bits per heavy atom. The lowest BCUT2D eigenvalue weighted by Gasteiger charge is -2.25. The number of nitrogens with zero attached hydrogens (tertiary/aromatic N) is 4. The maximum Gasteiger partial charge on any atom is 0.332 e. The third-order valence-electron chi connectivity index (χ3n) is 6.84. The van der Waals surface area contributed by atoms with Crippen LogP contribution in [0.4, 0.5) is 5.82 Å². The predicted molar refractivity (Wildman–Crippen MR) is 137 cm³/mol. The second-order valence-corrected chi connectivity index (χ2v) is 9.25. The Morgan fingerprint density at radius 1 is 1.11 bits per heavy atom. The molecule has 3 heterocycles. The van der Waals surface area contributed by atoms with Crippen molar-refractivity contribution in [2.45, 2.75) is 52.4 Å². The third-order valence-corrected chi connectivity index (χ3v) is 6.84. The first-order valence-electron chi connectivity index (χ1n) is 12.6. The van der Waals surface area contributed by atoms with Crippen LogP contribution in [0.2, 0.25) is 0 Å². The standard InChI is InChI=1S/C26H37N5O4/c1-19-7-4-5-8-21(19)9-10-22(30-14-6-12-27-13-16-30)28-24-20(2)25(32)31(26(33)29(24)3)15-11-23-34-17-18-35-23/h4-5,7-8,23,27H,6,9-18H2,1-3H3/b28-22+. The van der Waals surface area contributed by atoms with Gasteiger partial charge in [0.2, 0.25) is 0 Å². The molecule has 35 heavy (non-hydrogen) atoms. The van der Waals surface area contributed by atoms with Crippen LogP contribution in [0.25, 0.3) is 0 Å². The molecule has 0 radical (unpaired) electrons. The molecule has 9 heteroatoms. The summed E-state index contributed by atoms with van der Waals surface area (Å²) < 4.78 is 13.7. The van der Waals surface area contributed by atoms with Gasteiger partial charge in [0.05, 0.1) is 18.8 Å². The summed E-state index contributed by atoms with van der Waals surface area (Å²) in [4.78, 5) is 33.6. The number of amidine groups is 1. The molecule has 1 aromatic carbocycles. The van der Waals surface area contributed by atoms with Crippen LogP contribution in [0.5, 0.6) is 0 Å². The molecule has 0 aliphatic carbocycles. The molecule has 1 N–H and O–H groups in total. The number of hydrogen-bond donors (Lipinski definition) is 1. The molecule has 4 rings (SSSR count). The highest BCUT2D eigenvalue weighted by Crippen LogP contribution is 2.18. The molecule has 0 bridgehead atoms. The summed E-state index contributed by atoms with van der Waals surface area (Å²) in [6, 6.07) is 8.38. The Kier molecular flexibility index (Phi) is 8.54. The smallest absolute Gasteiger partial charge is 0.332 e. The Balaban J connectivity index is 1.66. The first-order chi connectivity index (χ1) is 17.0. The predicted octanol–water partition coefficient (Wildman–Crippen LogP) is 1.88. The van der Waals surface area contributed by atoms with Crippen LogP contribution in [0.3, 0.4) is 0 Å². The zero-order valence-corrected chi connectivity index (χ0v) is 21.1. The summed E-state index contributed by atoms with van der Waals surface area (Å²) in [6.45, 7) is 8.81. The van der Waals surface area contributed by atoms with Crippen LogP contribution in [0, 0.1) is 13.8 Å². The van der Waals surface area contributed by atoms with Crippen molar-refractivity contribution < 1.29 is 9.47 Å². The summed E-state index contributed by atoms with van der Waals surface area (Å²) >= 11 is 0. The van der Waals surface area contributed by atoms with Crippen LogP contribution in [0.15, 0.2) is 38.8 Å². The van der Waals surface area contributed by atoms with Gasteiger partial charge in [0.15, 0.2) is 6.29 Å². The number of rotatable bonds is 7. The van der Waals surface area contributed by atoms with E-state index in [1.807, 2.05) is 6.07 Å². The summed E-state index contributed by atoms with van der Waals surface area (Å²) in [7, 11) is 1.69. The minimum Gasteiger partial charge on any atom is -0.359 e. The molecule has 0 unspecified atom stereocenters. The zero-order chi connectivity index (χ0) is 24.8. The average molecular weight is 484 g/mol. The van der Waals surface area contributed by atoms with E-state index in [1.54, 1.807) is 14.0 Å². The topological polar surface area (TPSA) is 90.1 Å². The summed E-state index contributed by atoms with van der Waals surface area (Å²) in [5.41, 5.74) is 2.34. The average Bonchev–Trinajstić information content (AvgIpc) is 3.24. The van der Waals surface area contributed by atoms with E-state index in [9.17, 15) is 9.59 Å². The van der Waals surface area contributed by atoms with Gasteiger partial charge in [0, 0.05) is 46.1 Å². The molecule has 2 saturated heterocycles. The highest BCUT2D eigenvalue weighted by Gasteiger charge is 2.21. The van der Waals surface area contributed by atoms with E-state index in [1.165, 1.54) is 20.3 Å². The number of benzene rings is 1. The van der Waals surface area contributed by atoms with Gasteiger partial charge in [-0.1, -0.05) is 24.3 Å². The Hall–Kier alpha value is -2.75. The van der Waals surface area contributed by atoms with Gasteiger partial charge in [-0.3, -0.25) is 13.9 Å². The van der Waals surface area contributed by atoms with Crippen molar-refractivity contribution in [3.63, 3.8) is 0 Å². The molecule has 0 saturated carbocycles.